The van der Waals surface area contributed by atoms with E-state index in [9.17, 15) is 25.5 Å². The molecule has 1 heterocycles. The minimum atomic E-state index is -1.47. The van der Waals surface area contributed by atoms with E-state index in [-0.39, 0.29) is 17.8 Å². The van der Waals surface area contributed by atoms with Gasteiger partial charge in [0, 0.05) is 7.11 Å². The molecule has 0 aliphatic carbocycles. The predicted octanol–water partition coefficient (Wildman–Crippen LogP) is -1.80. The lowest BCUT2D eigenvalue weighted by Crippen LogP contribution is -2.58. The molecule has 12 nitrogen and oxygen atoms in total. The summed E-state index contributed by atoms with van der Waals surface area (Å²) in [5, 5.41) is 48.1. The van der Waals surface area contributed by atoms with E-state index in [1.807, 2.05) is 0 Å². The van der Waals surface area contributed by atoms with Crippen LogP contribution in [0, 0.1) is 0 Å². The van der Waals surface area contributed by atoms with Crippen LogP contribution in [0.15, 0.2) is 0 Å². The predicted molar refractivity (Wildman–Crippen MR) is 93.0 cm³/mol. The molecule has 0 bridgehead atoms. The van der Waals surface area contributed by atoms with Crippen molar-refractivity contribution in [2.45, 2.75) is 39.1 Å². The van der Waals surface area contributed by atoms with Crippen LogP contribution < -0.4 is 14.7 Å². The second-order valence-electron chi connectivity index (χ2n) is 6.36. The van der Waals surface area contributed by atoms with Crippen molar-refractivity contribution in [2.75, 3.05) is 48.7 Å². The summed E-state index contributed by atoms with van der Waals surface area (Å²) in [6, 6.07) is 0. The van der Waals surface area contributed by atoms with Gasteiger partial charge in [-0.2, -0.15) is 15.0 Å². The monoisotopic (exact) mass is 376 g/mol. The van der Waals surface area contributed by atoms with Crippen molar-refractivity contribution in [1.29, 1.82) is 0 Å². The first-order valence-electron chi connectivity index (χ1n) is 7.83. The van der Waals surface area contributed by atoms with Crippen molar-refractivity contribution in [3.8, 4) is 0 Å². The lowest BCUT2D eigenvalue weighted by Gasteiger charge is -2.44. The fraction of sp³-hybridized carbons (Fsp3) is 0.786. The molecule has 12 heteroatoms. The van der Waals surface area contributed by atoms with Crippen LogP contribution in [0.3, 0.4) is 0 Å². The van der Waals surface area contributed by atoms with E-state index >= 15 is 0 Å². The van der Waals surface area contributed by atoms with Crippen molar-refractivity contribution in [3.63, 3.8) is 0 Å². The van der Waals surface area contributed by atoms with Gasteiger partial charge in [0.25, 0.3) is 0 Å². The highest BCUT2D eigenvalue weighted by atomic mass is 16.5. The Labute approximate surface area is 151 Å². The van der Waals surface area contributed by atoms with Crippen LogP contribution in [0.25, 0.3) is 0 Å². The third-order valence-electron chi connectivity index (χ3n) is 3.63. The number of aromatic nitrogens is 3. The van der Waals surface area contributed by atoms with E-state index < -0.39 is 38.4 Å². The largest absolute Gasteiger partial charge is 0.376 e. The highest BCUT2D eigenvalue weighted by Crippen LogP contribution is 2.31. The number of nitrogens with zero attached hydrogens (tertiary/aromatic N) is 6. The Balaban J connectivity index is 3.65. The molecule has 1 aromatic rings. The first-order chi connectivity index (χ1) is 12.0. The second-order valence-corrected chi connectivity index (χ2v) is 6.36. The molecule has 26 heavy (non-hydrogen) atoms. The third kappa shape index (κ3) is 4.87. The van der Waals surface area contributed by atoms with Crippen molar-refractivity contribution in [2.24, 2.45) is 0 Å². The van der Waals surface area contributed by atoms with E-state index in [1.54, 1.807) is 13.8 Å². The number of ether oxygens (including phenoxy) is 1. The van der Waals surface area contributed by atoms with Crippen LogP contribution in [0.2, 0.25) is 0 Å². The van der Waals surface area contributed by atoms with Gasteiger partial charge in [0.15, 0.2) is 0 Å². The number of aliphatic hydroxyl groups is 5. The summed E-state index contributed by atoms with van der Waals surface area (Å²) in [4.78, 5) is 15.8. The molecule has 0 atom stereocenters. The molecule has 0 aromatic carbocycles. The number of aliphatic hydroxyl groups excluding tert-OH is 4. The number of methoxy groups -OCH3 is 1. The zero-order valence-electron chi connectivity index (χ0n) is 15.7. The first-order valence-corrected chi connectivity index (χ1v) is 7.83. The summed E-state index contributed by atoms with van der Waals surface area (Å²) in [6.07, 6.45) is 0. The average molecular weight is 376 g/mol. The maximum atomic E-state index is 10.6. The van der Waals surface area contributed by atoms with Crippen LogP contribution in [-0.2, 0) is 4.74 Å². The quantitative estimate of drug-likeness (QED) is 0.292. The summed E-state index contributed by atoms with van der Waals surface area (Å²) >= 11 is 0. The molecule has 0 aliphatic heterocycles. The van der Waals surface area contributed by atoms with Crippen LogP contribution in [-0.4, -0.2) is 86.0 Å². The lowest BCUT2D eigenvalue weighted by atomic mass is 10.1. The van der Waals surface area contributed by atoms with Gasteiger partial charge in [-0.15, -0.1) is 0 Å². The molecule has 5 N–H and O–H groups in total. The molecule has 0 saturated heterocycles. The topological polar surface area (TPSA) is 159 Å². The minimum Gasteiger partial charge on any atom is -0.376 e. The van der Waals surface area contributed by atoms with Crippen molar-refractivity contribution < 1.29 is 30.3 Å². The molecule has 0 spiro atoms. The Hall–Kier alpha value is -1.83. The summed E-state index contributed by atoms with van der Waals surface area (Å²) in [6.45, 7) is 4.01. The van der Waals surface area contributed by atoms with Crippen LogP contribution in [0.4, 0.5) is 17.8 Å². The molecular weight excluding hydrogens is 348 g/mol. The standard InChI is InChI=1S/C14H28N6O6/c1-13(2,25)20(14(3,4)26-5)12-16-10(18(6-21)7-22)15-11(17-12)19(8-23)9-24/h21-25H,6-9H2,1-5H3. The highest BCUT2D eigenvalue weighted by molar-refractivity contribution is 5.48. The summed E-state index contributed by atoms with van der Waals surface area (Å²) < 4.78 is 5.43. The van der Waals surface area contributed by atoms with Gasteiger partial charge >= 0.3 is 0 Å². The van der Waals surface area contributed by atoms with Gasteiger partial charge in [-0.05, 0) is 27.7 Å². The van der Waals surface area contributed by atoms with Gasteiger partial charge in [0.2, 0.25) is 17.8 Å². The van der Waals surface area contributed by atoms with Crippen molar-refractivity contribution in [1.82, 2.24) is 15.0 Å². The highest BCUT2D eigenvalue weighted by Gasteiger charge is 2.39. The number of anilines is 3. The van der Waals surface area contributed by atoms with Crippen LogP contribution >= 0.6 is 0 Å². The van der Waals surface area contributed by atoms with E-state index in [0.29, 0.717) is 0 Å². The first kappa shape index (κ1) is 22.2. The molecule has 0 fully saturated rings. The Morgan fingerprint density at radius 3 is 1.38 bits per heavy atom. The maximum absolute atomic E-state index is 10.6. The van der Waals surface area contributed by atoms with Crippen LogP contribution in [0.5, 0.6) is 0 Å². The van der Waals surface area contributed by atoms with Gasteiger partial charge < -0.3 is 30.3 Å². The second kappa shape index (κ2) is 8.70. The van der Waals surface area contributed by atoms with E-state index in [0.717, 1.165) is 9.80 Å². The third-order valence-corrected chi connectivity index (χ3v) is 3.63. The average Bonchev–Trinajstić information content (AvgIpc) is 2.55. The van der Waals surface area contributed by atoms with E-state index in [4.69, 9.17) is 4.74 Å². The smallest absolute Gasteiger partial charge is 0.236 e. The van der Waals surface area contributed by atoms with Crippen molar-refractivity contribution in [3.05, 3.63) is 0 Å². The molecule has 150 valence electrons. The Morgan fingerprint density at radius 2 is 1.12 bits per heavy atom. The Bertz CT molecular complexity index is 543. The molecule has 0 amide bonds. The van der Waals surface area contributed by atoms with Gasteiger partial charge in [-0.1, -0.05) is 0 Å². The molecule has 0 radical (unpaired) electrons. The molecular formula is C14H28N6O6. The van der Waals surface area contributed by atoms with Gasteiger partial charge in [0.05, 0.1) is 0 Å². The molecule has 0 unspecified atom stereocenters. The summed E-state index contributed by atoms with van der Waals surface area (Å²) in [7, 11) is 1.45. The summed E-state index contributed by atoms with van der Waals surface area (Å²) in [5.74, 6) is -0.297. The SMILES string of the molecule is COC(C)(C)N(c1nc(N(CO)CO)nc(N(CO)CO)n1)C(C)(C)O. The van der Waals surface area contributed by atoms with Gasteiger partial charge in [0.1, 0.15) is 38.4 Å². The zero-order chi connectivity index (χ0) is 20.1. The number of hydrogen-bond acceptors (Lipinski definition) is 12. The lowest BCUT2D eigenvalue weighted by molar-refractivity contribution is -0.0479. The fourth-order valence-electron chi connectivity index (χ4n) is 2.30. The van der Waals surface area contributed by atoms with Crippen LogP contribution in [0.1, 0.15) is 27.7 Å². The summed E-state index contributed by atoms with van der Waals surface area (Å²) in [5.41, 5.74) is -2.53. The van der Waals surface area contributed by atoms with E-state index in [1.165, 1.54) is 25.9 Å². The molecule has 0 saturated carbocycles. The number of hydrogen-bond donors (Lipinski definition) is 5. The molecule has 0 aliphatic rings. The minimum absolute atomic E-state index is 0.0526. The normalized spacial score (nSPS) is 12.2. The van der Waals surface area contributed by atoms with Gasteiger partial charge in [-0.3, -0.25) is 14.7 Å². The van der Waals surface area contributed by atoms with Crippen molar-refractivity contribution >= 4 is 17.8 Å². The fourth-order valence-corrected chi connectivity index (χ4v) is 2.30. The Kier molecular flexibility index (Phi) is 7.44. The zero-order valence-corrected chi connectivity index (χ0v) is 15.7. The number of rotatable bonds is 10. The maximum Gasteiger partial charge on any atom is 0.236 e. The van der Waals surface area contributed by atoms with E-state index in [2.05, 4.69) is 15.0 Å². The van der Waals surface area contributed by atoms with Gasteiger partial charge in [-0.25, -0.2) is 0 Å². The molecule has 1 rings (SSSR count). The Morgan fingerprint density at radius 1 is 0.769 bits per heavy atom. The molecule has 1 aromatic heterocycles.